The van der Waals surface area contributed by atoms with Crippen molar-refractivity contribution in [3.8, 4) is 5.75 Å². The van der Waals surface area contributed by atoms with Crippen molar-refractivity contribution < 1.29 is 24.2 Å². The van der Waals surface area contributed by atoms with Crippen molar-refractivity contribution in [2.45, 2.75) is 51.8 Å². The zero-order valence-electron chi connectivity index (χ0n) is 20.8. The van der Waals surface area contributed by atoms with Crippen LogP contribution in [-0.4, -0.2) is 78.7 Å². The number of aliphatic hydroxyl groups is 1. The van der Waals surface area contributed by atoms with E-state index in [-0.39, 0.29) is 30.8 Å². The summed E-state index contributed by atoms with van der Waals surface area (Å²) in [5, 5.41) is 19.2. The van der Waals surface area contributed by atoms with Gasteiger partial charge in [0.2, 0.25) is 17.7 Å². The number of hydrogen-bond acceptors (Lipinski definition) is 6. The highest BCUT2D eigenvalue weighted by Gasteiger charge is 2.41. The van der Waals surface area contributed by atoms with E-state index >= 15 is 0 Å². The van der Waals surface area contributed by atoms with Gasteiger partial charge in [0.15, 0.2) is 0 Å². The van der Waals surface area contributed by atoms with Crippen molar-refractivity contribution >= 4 is 23.8 Å². The quantitative estimate of drug-likeness (QED) is 0.517. The second kappa shape index (κ2) is 12.5. The molecule has 0 aromatic heterocycles. The van der Waals surface area contributed by atoms with Gasteiger partial charge in [-0.3, -0.25) is 14.4 Å². The summed E-state index contributed by atoms with van der Waals surface area (Å²) in [5.41, 5.74) is -0.657. The van der Waals surface area contributed by atoms with Crippen molar-refractivity contribution in [3.63, 3.8) is 0 Å². The number of carbonyl (C=O) groups excluding carboxylic acids is 3. The first kappa shape index (κ1) is 27.3. The summed E-state index contributed by atoms with van der Waals surface area (Å²) in [6.45, 7) is 7.64. The van der Waals surface area contributed by atoms with Crippen molar-refractivity contribution in [1.82, 2.24) is 20.9 Å². The number of benzene rings is 1. The first-order chi connectivity index (χ1) is 16.1. The zero-order chi connectivity index (χ0) is 25.3. The zero-order valence-corrected chi connectivity index (χ0v) is 20.8. The van der Waals surface area contributed by atoms with Crippen LogP contribution in [-0.2, 0) is 14.4 Å². The summed E-state index contributed by atoms with van der Waals surface area (Å²) < 4.78 is 5.94. The molecule has 3 unspecified atom stereocenters. The van der Waals surface area contributed by atoms with Crippen LogP contribution >= 0.6 is 0 Å². The molecule has 0 fully saturated rings. The third-order valence-electron chi connectivity index (χ3n) is 5.91. The van der Waals surface area contributed by atoms with Crippen molar-refractivity contribution in [2.75, 3.05) is 33.3 Å². The minimum absolute atomic E-state index is 0.0212. The van der Waals surface area contributed by atoms with E-state index in [0.29, 0.717) is 18.9 Å². The van der Waals surface area contributed by atoms with Crippen LogP contribution in [0.3, 0.4) is 0 Å². The Morgan fingerprint density at radius 1 is 1.21 bits per heavy atom. The second-order valence-electron chi connectivity index (χ2n) is 9.13. The molecule has 0 bridgehead atoms. The van der Waals surface area contributed by atoms with Crippen molar-refractivity contribution in [2.24, 2.45) is 5.92 Å². The van der Waals surface area contributed by atoms with Gasteiger partial charge in [-0.25, -0.2) is 0 Å². The fourth-order valence-electron chi connectivity index (χ4n) is 3.90. The third kappa shape index (κ3) is 7.56. The van der Waals surface area contributed by atoms with Gasteiger partial charge < -0.3 is 30.7 Å². The molecule has 3 atom stereocenters. The molecule has 9 heteroatoms. The standard InChI is InChI=1S/C25H38N4O5/c1-6-17(2)21-24(32)29(5)22(25(3,4)33)23(31)28-16-20(30)26-13-9-11-18-10-7-8-12-19(18)34-15-14-27-21/h7-12,17,21-22,27,33H,6,13-16H2,1-5H3,(H,26,30)(H,28,31)/b11-9+. The maximum absolute atomic E-state index is 13.4. The van der Waals surface area contributed by atoms with Crippen LogP contribution in [0, 0.1) is 5.92 Å². The lowest BCUT2D eigenvalue weighted by molar-refractivity contribution is -0.150. The highest BCUT2D eigenvalue weighted by Crippen LogP contribution is 2.20. The average Bonchev–Trinajstić information content (AvgIpc) is 2.79. The number of fused-ring (bicyclic) bond motifs is 1. The molecular formula is C25H38N4O5. The lowest BCUT2D eigenvalue weighted by Crippen LogP contribution is -2.62. The number of carbonyl (C=O) groups is 3. The Bertz CT molecular complexity index is 880. The molecule has 0 radical (unpaired) electrons. The highest BCUT2D eigenvalue weighted by molar-refractivity contribution is 5.92. The summed E-state index contributed by atoms with van der Waals surface area (Å²) in [6.07, 6.45) is 4.40. The van der Waals surface area contributed by atoms with Crippen LogP contribution in [0.2, 0.25) is 0 Å². The fraction of sp³-hybridized carbons (Fsp3) is 0.560. The van der Waals surface area contributed by atoms with E-state index in [1.165, 1.54) is 25.8 Å². The van der Waals surface area contributed by atoms with Crippen LogP contribution in [0.4, 0.5) is 0 Å². The first-order valence-electron chi connectivity index (χ1n) is 11.7. The largest absolute Gasteiger partial charge is 0.492 e. The molecule has 2 rings (SSSR count). The number of ether oxygens (including phenoxy) is 1. The summed E-state index contributed by atoms with van der Waals surface area (Å²) in [5.74, 6) is -0.620. The van der Waals surface area contributed by atoms with E-state index in [1.807, 2.05) is 44.2 Å². The molecular weight excluding hydrogens is 436 g/mol. The molecule has 1 heterocycles. The van der Waals surface area contributed by atoms with E-state index in [9.17, 15) is 19.5 Å². The number of para-hydroxylation sites is 1. The van der Waals surface area contributed by atoms with Gasteiger partial charge in [-0.1, -0.05) is 50.6 Å². The van der Waals surface area contributed by atoms with E-state index in [2.05, 4.69) is 16.0 Å². The Balaban J connectivity index is 2.33. The molecule has 1 aliphatic rings. The minimum atomic E-state index is -1.53. The van der Waals surface area contributed by atoms with Crippen molar-refractivity contribution in [3.05, 3.63) is 35.9 Å². The predicted octanol–water partition coefficient (Wildman–Crippen LogP) is 0.927. The molecule has 1 aromatic carbocycles. The van der Waals surface area contributed by atoms with Gasteiger partial charge in [0.05, 0.1) is 18.2 Å². The van der Waals surface area contributed by atoms with Crippen molar-refractivity contribution in [1.29, 1.82) is 0 Å². The number of amides is 3. The molecule has 9 nitrogen and oxygen atoms in total. The minimum Gasteiger partial charge on any atom is -0.492 e. The molecule has 0 aliphatic carbocycles. The Kier molecular flexibility index (Phi) is 10.1. The number of hydrogen-bond donors (Lipinski definition) is 4. The van der Waals surface area contributed by atoms with Gasteiger partial charge in [-0.05, 0) is 25.8 Å². The maximum Gasteiger partial charge on any atom is 0.246 e. The summed E-state index contributed by atoms with van der Waals surface area (Å²) in [4.78, 5) is 39.9. The smallest absolute Gasteiger partial charge is 0.246 e. The lowest BCUT2D eigenvalue weighted by atomic mass is 9.93. The monoisotopic (exact) mass is 474 g/mol. The molecule has 1 aromatic rings. The average molecular weight is 475 g/mol. The summed E-state index contributed by atoms with van der Waals surface area (Å²) in [6, 6.07) is 5.81. The first-order valence-corrected chi connectivity index (χ1v) is 11.7. The van der Waals surface area contributed by atoms with E-state index < -0.39 is 23.6 Å². The van der Waals surface area contributed by atoms with Gasteiger partial charge in [0.25, 0.3) is 0 Å². The lowest BCUT2D eigenvalue weighted by Gasteiger charge is -2.38. The number of rotatable bonds is 3. The van der Waals surface area contributed by atoms with E-state index in [0.717, 1.165) is 12.0 Å². The van der Waals surface area contributed by atoms with Crippen LogP contribution in [0.5, 0.6) is 5.75 Å². The summed E-state index contributed by atoms with van der Waals surface area (Å²) >= 11 is 0. The molecule has 0 spiro atoms. The number of nitrogens with zero attached hydrogens (tertiary/aromatic N) is 1. The Morgan fingerprint density at radius 3 is 2.59 bits per heavy atom. The molecule has 4 N–H and O–H groups in total. The van der Waals surface area contributed by atoms with Gasteiger partial charge >= 0.3 is 0 Å². The Morgan fingerprint density at radius 2 is 1.91 bits per heavy atom. The van der Waals surface area contributed by atoms with Crippen LogP contribution in [0.15, 0.2) is 30.3 Å². The number of nitrogens with one attached hydrogen (secondary N) is 3. The molecule has 188 valence electrons. The highest BCUT2D eigenvalue weighted by atomic mass is 16.5. The molecule has 1 aliphatic heterocycles. The van der Waals surface area contributed by atoms with Gasteiger partial charge in [0.1, 0.15) is 18.4 Å². The Labute approximate surface area is 201 Å². The predicted molar refractivity (Wildman–Crippen MR) is 131 cm³/mol. The van der Waals surface area contributed by atoms with Gasteiger partial charge in [-0.15, -0.1) is 0 Å². The van der Waals surface area contributed by atoms with Crippen LogP contribution in [0.25, 0.3) is 6.08 Å². The fourth-order valence-corrected chi connectivity index (χ4v) is 3.90. The Hall–Kier alpha value is -2.91. The number of likely N-dealkylation sites (N-methyl/N-ethyl adjacent to an activating group) is 1. The molecule has 3 amide bonds. The molecule has 34 heavy (non-hydrogen) atoms. The third-order valence-corrected chi connectivity index (χ3v) is 5.91. The SMILES string of the molecule is CCC(C)C1NCCOc2ccccc2/C=C/CNC(=O)CNC(=O)C(C(C)(C)O)N(C)C1=O. The molecule has 0 saturated carbocycles. The van der Waals surface area contributed by atoms with Crippen LogP contribution < -0.4 is 20.7 Å². The van der Waals surface area contributed by atoms with E-state index in [1.54, 1.807) is 6.08 Å². The topological polar surface area (TPSA) is 120 Å². The maximum atomic E-state index is 13.4. The van der Waals surface area contributed by atoms with Gasteiger partial charge in [0, 0.05) is 25.7 Å². The second-order valence-corrected chi connectivity index (χ2v) is 9.13. The van der Waals surface area contributed by atoms with E-state index in [4.69, 9.17) is 4.74 Å². The molecule has 0 saturated heterocycles. The summed E-state index contributed by atoms with van der Waals surface area (Å²) in [7, 11) is 1.50. The normalized spacial score (nSPS) is 23.5. The van der Waals surface area contributed by atoms with Crippen LogP contribution in [0.1, 0.15) is 39.7 Å². The van der Waals surface area contributed by atoms with Gasteiger partial charge in [-0.2, -0.15) is 0 Å².